The summed E-state index contributed by atoms with van der Waals surface area (Å²) in [6.07, 6.45) is 1.34. The average molecular weight is 305 g/mol. The molecular formula is C12H19NO4S2. The van der Waals surface area contributed by atoms with Crippen LogP contribution in [0.3, 0.4) is 0 Å². The van der Waals surface area contributed by atoms with Gasteiger partial charge in [0.05, 0.1) is 6.61 Å². The Balaban J connectivity index is 2.21. The van der Waals surface area contributed by atoms with Gasteiger partial charge in [0.1, 0.15) is 4.21 Å². The van der Waals surface area contributed by atoms with Gasteiger partial charge in [0, 0.05) is 23.6 Å². The summed E-state index contributed by atoms with van der Waals surface area (Å²) in [7, 11) is -3.53. The molecule has 7 heteroatoms. The van der Waals surface area contributed by atoms with E-state index in [2.05, 4.69) is 4.72 Å². The van der Waals surface area contributed by atoms with Crippen LogP contribution in [0.1, 0.15) is 30.2 Å². The van der Waals surface area contributed by atoms with Gasteiger partial charge in [-0.3, -0.25) is 0 Å². The van der Waals surface area contributed by atoms with Crippen LogP contribution in [0, 0.1) is 6.92 Å². The molecule has 2 N–H and O–H groups in total. The molecule has 0 atom stereocenters. The Morgan fingerprint density at radius 3 is 2.63 bits per heavy atom. The number of nitrogens with one attached hydrogen (secondary N) is 1. The highest BCUT2D eigenvalue weighted by atomic mass is 32.2. The van der Waals surface area contributed by atoms with E-state index in [1.165, 1.54) is 0 Å². The van der Waals surface area contributed by atoms with Crippen LogP contribution in [0.25, 0.3) is 0 Å². The first-order valence-electron chi connectivity index (χ1n) is 6.18. The van der Waals surface area contributed by atoms with E-state index in [0.717, 1.165) is 16.9 Å². The molecule has 1 saturated heterocycles. The predicted octanol–water partition coefficient (Wildman–Crippen LogP) is 1.40. The summed E-state index contributed by atoms with van der Waals surface area (Å²) >= 11 is 1.12. The maximum Gasteiger partial charge on any atom is 0.250 e. The van der Waals surface area contributed by atoms with Gasteiger partial charge in [-0.25, -0.2) is 13.1 Å². The van der Waals surface area contributed by atoms with E-state index in [9.17, 15) is 8.42 Å². The van der Waals surface area contributed by atoms with Crippen LogP contribution in [-0.4, -0.2) is 32.3 Å². The number of hydrogen-bond donors (Lipinski definition) is 2. The molecule has 1 aliphatic heterocycles. The lowest BCUT2D eigenvalue weighted by Crippen LogP contribution is -2.49. The van der Waals surface area contributed by atoms with Gasteiger partial charge < -0.3 is 9.84 Å². The fourth-order valence-corrected chi connectivity index (χ4v) is 4.99. The zero-order chi connectivity index (χ0) is 14.1. The molecule has 0 amide bonds. The lowest BCUT2D eigenvalue weighted by molar-refractivity contribution is 0.0538. The predicted molar refractivity (Wildman–Crippen MR) is 73.8 cm³/mol. The zero-order valence-electron chi connectivity index (χ0n) is 11.1. The maximum absolute atomic E-state index is 12.4. The first-order valence-corrected chi connectivity index (χ1v) is 8.48. The number of thiophene rings is 1. The quantitative estimate of drug-likeness (QED) is 0.881. The molecule has 2 rings (SSSR count). The van der Waals surface area contributed by atoms with Crippen molar-refractivity contribution in [1.29, 1.82) is 0 Å². The van der Waals surface area contributed by atoms with E-state index in [-0.39, 0.29) is 10.8 Å². The van der Waals surface area contributed by atoms with Gasteiger partial charge in [-0.2, -0.15) is 0 Å². The monoisotopic (exact) mass is 305 g/mol. The minimum atomic E-state index is -3.53. The van der Waals surface area contributed by atoms with Gasteiger partial charge in [-0.15, -0.1) is 11.3 Å². The molecule has 1 aliphatic rings. The van der Waals surface area contributed by atoms with E-state index < -0.39 is 15.6 Å². The first-order chi connectivity index (χ1) is 8.86. The van der Waals surface area contributed by atoms with Gasteiger partial charge in [-0.05, 0) is 38.3 Å². The zero-order valence-corrected chi connectivity index (χ0v) is 12.7. The van der Waals surface area contributed by atoms with Gasteiger partial charge in [0.25, 0.3) is 10.0 Å². The van der Waals surface area contributed by atoms with E-state index in [1.54, 1.807) is 13.0 Å². The molecule has 1 aromatic rings. The van der Waals surface area contributed by atoms with Crippen LogP contribution in [0.2, 0.25) is 0 Å². The van der Waals surface area contributed by atoms with E-state index in [0.29, 0.717) is 30.9 Å². The van der Waals surface area contributed by atoms with Gasteiger partial charge >= 0.3 is 0 Å². The van der Waals surface area contributed by atoms with Crippen molar-refractivity contribution in [2.24, 2.45) is 0 Å². The highest BCUT2D eigenvalue weighted by molar-refractivity contribution is 7.91. The van der Waals surface area contributed by atoms with E-state index in [4.69, 9.17) is 9.84 Å². The molecule has 0 bridgehead atoms. The molecule has 0 spiro atoms. The summed E-state index contributed by atoms with van der Waals surface area (Å²) in [5.74, 6) is 0. The standard InChI is InChI=1S/C12H19NO4S2/c1-9-7-11(18-10(9)8-14)19(15,16)13-12(2)3-5-17-6-4-12/h7,13-14H,3-6,8H2,1-2H3. The van der Waals surface area contributed by atoms with Crippen LogP contribution in [0.5, 0.6) is 0 Å². The largest absolute Gasteiger partial charge is 0.391 e. The summed E-state index contributed by atoms with van der Waals surface area (Å²) in [6.45, 7) is 4.73. The van der Waals surface area contributed by atoms with Crippen molar-refractivity contribution in [3.8, 4) is 0 Å². The van der Waals surface area contributed by atoms with Crippen molar-refractivity contribution in [2.45, 2.75) is 43.0 Å². The molecule has 0 saturated carbocycles. The molecule has 5 nitrogen and oxygen atoms in total. The van der Waals surface area contributed by atoms with E-state index in [1.807, 2.05) is 6.92 Å². The van der Waals surface area contributed by atoms with Crippen LogP contribution in [0.15, 0.2) is 10.3 Å². The number of aryl methyl sites for hydroxylation is 1. The molecule has 0 unspecified atom stereocenters. The molecule has 0 aliphatic carbocycles. The number of aliphatic hydroxyl groups is 1. The molecular weight excluding hydrogens is 286 g/mol. The molecule has 1 fully saturated rings. The van der Waals surface area contributed by atoms with Crippen molar-refractivity contribution in [1.82, 2.24) is 4.72 Å². The minimum Gasteiger partial charge on any atom is -0.391 e. The second-order valence-corrected chi connectivity index (χ2v) is 8.15. The topological polar surface area (TPSA) is 75.6 Å². The molecule has 108 valence electrons. The number of rotatable bonds is 4. The van der Waals surface area contributed by atoms with Crippen molar-refractivity contribution >= 4 is 21.4 Å². The molecule has 1 aromatic heterocycles. The maximum atomic E-state index is 12.4. The molecule has 0 aromatic carbocycles. The second-order valence-electron chi connectivity index (χ2n) is 5.11. The number of sulfonamides is 1. The highest BCUT2D eigenvalue weighted by Gasteiger charge is 2.33. The number of hydrogen-bond acceptors (Lipinski definition) is 5. The normalized spacial score (nSPS) is 19.5. The Bertz CT molecular complexity index is 544. The van der Waals surface area contributed by atoms with E-state index >= 15 is 0 Å². The van der Waals surface area contributed by atoms with Crippen LogP contribution < -0.4 is 4.72 Å². The Hall–Kier alpha value is -0.470. The number of aliphatic hydroxyl groups excluding tert-OH is 1. The Morgan fingerprint density at radius 2 is 2.11 bits per heavy atom. The van der Waals surface area contributed by atoms with Gasteiger partial charge in [0.15, 0.2) is 0 Å². The fraction of sp³-hybridized carbons (Fsp3) is 0.667. The third-order valence-electron chi connectivity index (χ3n) is 3.38. The minimum absolute atomic E-state index is 0.128. The fourth-order valence-electron chi connectivity index (χ4n) is 2.08. The van der Waals surface area contributed by atoms with Crippen molar-refractivity contribution in [2.75, 3.05) is 13.2 Å². The summed E-state index contributed by atoms with van der Waals surface area (Å²) in [5.41, 5.74) is 0.360. The number of ether oxygens (including phenoxy) is 1. The molecule has 2 heterocycles. The second kappa shape index (κ2) is 5.49. The summed E-state index contributed by atoms with van der Waals surface area (Å²) in [6, 6.07) is 1.61. The third kappa shape index (κ3) is 3.35. The SMILES string of the molecule is Cc1cc(S(=O)(=O)NC2(C)CCOCC2)sc1CO. The average Bonchev–Trinajstić information content (AvgIpc) is 2.71. The van der Waals surface area contributed by atoms with Crippen molar-refractivity contribution < 1.29 is 18.3 Å². The Morgan fingerprint density at radius 1 is 1.47 bits per heavy atom. The molecule has 0 radical (unpaired) electrons. The Labute approximate surface area is 117 Å². The lowest BCUT2D eigenvalue weighted by Gasteiger charge is -2.33. The first kappa shape index (κ1) is 14.9. The Kier molecular flexibility index (Phi) is 4.32. The highest BCUT2D eigenvalue weighted by Crippen LogP contribution is 2.29. The molecule has 19 heavy (non-hydrogen) atoms. The third-order valence-corrected chi connectivity index (χ3v) is 6.72. The van der Waals surface area contributed by atoms with Crippen LogP contribution in [0.4, 0.5) is 0 Å². The van der Waals surface area contributed by atoms with Crippen molar-refractivity contribution in [3.63, 3.8) is 0 Å². The summed E-state index contributed by atoms with van der Waals surface area (Å²) in [4.78, 5) is 0.692. The lowest BCUT2D eigenvalue weighted by atomic mass is 9.94. The van der Waals surface area contributed by atoms with Crippen molar-refractivity contribution in [3.05, 3.63) is 16.5 Å². The van der Waals surface area contributed by atoms with Crippen LogP contribution >= 0.6 is 11.3 Å². The van der Waals surface area contributed by atoms with Gasteiger partial charge in [-0.1, -0.05) is 0 Å². The van der Waals surface area contributed by atoms with Gasteiger partial charge in [0.2, 0.25) is 0 Å². The smallest absolute Gasteiger partial charge is 0.250 e. The summed E-state index contributed by atoms with van der Waals surface area (Å²) < 4.78 is 33.0. The van der Waals surface area contributed by atoms with Crippen LogP contribution in [-0.2, 0) is 21.4 Å². The summed E-state index contributed by atoms with van der Waals surface area (Å²) in [5, 5.41) is 9.15.